The summed E-state index contributed by atoms with van der Waals surface area (Å²) < 4.78 is 5.61. The summed E-state index contributed by atoms with van der Waals surface area (Å²) in [6.45, 7) is 11.3. The standard InChI is InChI=1S/C13H21NO/c1-4-11(2)7-8-14-9-13-6-5-12(3)10-15-13/h4,7-8,11,13-14H,1,3,5-6,9-10H2,2H3/b8-7+/t11-,13?/m0/s1. The molecule has 1 saturated heterocycles. The van der Waals surface area contributed by atoms with Crippen molar-refractivity contribution < 1.29 is 4.74 Å². The maximum Gasteiger partial charge on any atom is 0.0754 e. The van der Waals surface area contributed by atoms with Gasteiger partial charge in [-0.05, 0) is 25.0 Å². The van der Waals surface area contributed by atoms with Crippen molar-refractivity contribution in [3.8, 4) is 0 Å². The van der Waals surface area contributed by atoms with Crippen LogP contribution in [0.2, 0.25) is 0 Å². The predicted molar refractivity (Wildman–Crippen MR) is 64.6 cm³/mol. The highest BCUT2D eigenvalue weighted by molar-refractivity contribution is 4.99. The molecule has 0 saturated carbocycles. The number of hydrogen-bond acceptors (Lipinski definition) is 2. The van der Waals surface area contributed by atoms with Crippen LogP contribution >= 0.6 is 0 Å². The Kier molecular flexibility index (Phi) is 5.19. The summed E-state index contributed by atoms with van der Waals surface area (Å²) in [4.78, 5) is 0. The second kappa shape index (κ2) is 6.46. The molecule has 15 heavy (non-hydrogen) atoms. The van der Waals surface area contributed by atoms with E-state index in [1.165, 1.54) is 5.57 Å². The molecule has 0 aromatic rings. The fourth-order valence-electron chi connectivity index (χ4n) is 1.42. The molecule has 0 radical (unpaired) electrons. The van der Waals surface area contributed by atoms with Crippen LogP contribution < -0.4 is 5.32 Å². The van der Waals surface area contributed by atoms with E-state index in [0.29, 0.717) is 12.0 Å². The van der Waals surface area contributed by atoms with E-state index in [1.807, 2.05) is 12.3 Å². The van der Waals surface area contributed by atoms with Crippen molar-refractivity contribution >= 4 is 0 Å². The van der Waals surface area contributed by atoms with Crippen LogP contribution in [0.15, 0.2) is 37.1 Å². The molecule has 0 bridgehead atoms. The van der Waals surface area contributed by atoms with Gasteiger partial charge in [-0.15, -0.1) is 6.58 Å². The molecule has 0 aliphatic carbocycles. The van der Waals surface area contributed by atoms with Crippen LogP contribution in [0.1, 0.15) is 19.8 Å². The quantitative estimate of drug-likeness (QED) is 0.700. The zero-order chi connectivity index (χ0) is 11.1. The first-order valence-corrected chi connectivity index (χ1v) is 5.53. The third-order valence-corrected chi connectivity index (χ3v) is 2.58. The van der Waals surface area contributed by atoms with E-state index >= 15 is 0 Å². The number of rotatable bonds is 5. The summed E-state index contributed by atoms with van der Waals surface area (Å²) in [7, 11) is 0. The van der Waals surface area contributed by atoms with Gasteiger partial charge in [-0.1, -0.05) is 31.2 Å². The van der Waals surface area contributed by atoms with Crippen LogP contribution in [0.5, 0.6) is 0 Å². The summed E-state index contributed by atoms with van der Waals surface area (Å²) in [6.07, 6.45) is 8.50. The molecule has 1 heterocycles. The first-order chi connectivity index (χ1) is 7.22. The second-order valence-corrected chi connectivity index (χ2v) is 4.08. The Bertz CT molecular complexity index is 235. The van der Waals surface area contributed by atoms with E-state index in [1.54, 1.807) is 0 Å². The molecule has 1 N–H and O–H groups in total. The maximum atomic E-state index is 5.61. The Morgan fingerprint density at radius 3 is 3.07 bits per heavy atom. The Balaban J connectivity index is 2.12. The minimum absolute atomic E-state index is 0.333. The molecular weight excluding hydrogens is 186 g/mol. The molecule has 1 aliphatic rings. The fourth-order valence-corrected chi connectivity index (χ4v) is 1.42. The van der Waals surface area contributed by atoms with Gasteiger partial charge in [0.05, 0.1) is 12.7 Å². The van der Waals surface area contributed by atoms with Gasteiger partial charge in [0.25, 0.3) is 0 Å². The number of ether oxygens (including phenoxy) is 1. The maximum absolute atomic E-state index is 5.61. The van der Waals surface area contributed by atoms with Crippen LogP contribution in [0.25, 0.3) is 0 Å². The molecule has 2 atom stereocenters. The molecule has 84 valence electrons. The third-order valence-electron chi connectivity index (χ3n) is 2.58. The smallest absolute Gasteiger partial charge is 0.0754 e. The highest BCUT2D eigenvalue weighted by Crippen LogP contribution is 2.15. The minimum Gasteiger partial charge on any atom is -0.389 e. The zero-order valence-corrected chi connectivity index (χ0v) is 9.54. The minimum atomic E-state index is 0.333. The van der Waals surface area contributed by atoms with Gasteiger partial charge < -0.3 is 10.1 Å². The van der Waals surface area contributed by atoms with E-state index in [9.17, 15) is 0 Å². The average molecular weight is 207 g/mol. The summed E-state index contributed by atoms with van der Waals surface area (Å²) in [5.41, 5.74) is 1.21. The molecule has 1 rings (SSSR count). The number of allylic oxidation sites excluding steroid dienone is 2. The van der Waals surface area contributed by atoms with Gasteiger partial charge in [-0.3, -0.25) is 0 Å². The molecule has 0 aromatic carbocycles. The van der Waals surface area contributed by atoms with Crippen molar-refractivity contribution in [1.82, 2.24) is 5.32 Å². The predicted octanol–water partition coefficient (Wildman–Crippen LogP) is 2.65. The third kappa shape index (κ3) is 4.84. The lowest BCUT2D eigenvalue weighted by molar-refractivity contribution is 0.0453. The molecule has 1 fully saturated rings. The highest BCUT2D eigenvalue weighted by Gasteiger charge is 2.14. The van der Waals surface area contributed by atoms with E-state index in [4.69, 9.17) is 4.74 Å². The van der Waals surface area contributed by atoms with Crippen molar-refractivity contribution in [2.75, 3.05) is 13.2 Å². The second-order valence-electron chi connectivity index (χ2n) is 4.08. The summed E-state index contributed by atoms with van der Waals surface area (Å²) in [6, 6.07) is 0. The van der Waals surface area contributed by atoms with Crippen molar-refractivity contribution in [1.29, 1.82) is 0 Å². The van der Waals surface area contributed by atoms with Crippen LogP contribution in [0.3, 0.4) is 0 Å². The number of nitrogens with one attached hydrogen (secondary N) is 1. The Morgan fingerprint density at radius 2 is 2.47 bits per heavy atom. The summed E-state index contributed by atoms with van der Waals surface area (Å²) in [5.74, 6) is 0.421. The lowest BCUT2D eigenvalue weighted by Crippen LogP contribution is -2.30. The van der Waals surface area contributed by atoms with Gasteiger partial charge in [-0.25, -0.2) is 0 Å². The Morgan fingerprint density at radius 1 is 1.67 bits per heavy atom. The Hall–Kier alpha value is -1.02. The lowest BCUT2D eigenvalue weighted by Gasteiger charge is -2.24. The first kappa shape index (κ1) is 12.1. The van der Waals surface area contributed by atoms with E-state index in [2.05, 4.69) is 31.5 Å². The molecule has 0 amide bonds. The van der Waals surface area contributed by atoms with Crippen molar-refractivity contribution in [2.24, 2.45) is 5.92 Å². The van der Waals surface area contributed by atoms with Gasteiger partial charge >= 0.3 is 0 Å². The summed E-state index contributed by atoms with van der Waals surface area (Å²) in [5, 5.41) is 3.25. The molecule has 2 nitrogen and oxygen atoms in total. The first-order valence-electron chi connectivity index (χ1n) is 5.53. The average Bonchev–Trinajstić information content (AvgIpc) is 2.26. The molecular formula is C13H21NO. The highest BCUT2D eigenvalue weighted by atomic mass is 16.5. The van der Waals surface area contributed by atoms with Gasteiger partial charge in [-0.2, -0.15) is 0 Å². The molecule has 1 unspecified atom stereocenters. The van der Waals surface area contributed by atoms with Gasteiger partial charge in [0.15, 0.2) is 0 Å². The van der Waals surface area contributed by atoms with Crippen molar-refractivity contribution in [3.63, 3.8) is 0 Å². The Labute approximate surface area is 92.7 Å². The topological polar surface area (TPSA) is 21.3 Å². The normalized spacial score (nSPS) is 24.1. The SMILES string of the molecule is C=C[C@H](C)/C=C/NCC1CCC(=C)CO1. The lowest BCUT2D eigenvalue weighted by atomic mass is 10.1. The monoisotopic (exact) mass is 207 g/mol. The van der Waals surface area contributed by atoms with Crippen LogP contribution in [-0.2, 0) is 4.74 Å². The van der Waals surface area contributed by atoms with Gasteiger partial charge in [0, 0.05) is 6.54 Å². The van der Waals surface area contributed by atoms with Crippen molar-refractivity contribution in [3.05, 3.63) is 37.1 Å². The van der Waals surface area contributed by atoms with Crippen molar-refractivity contribution in [2.45, 2.75) is 25.9 Å². The number of hydrogen-bond donors (Lipinski definition) is 1. The largest absolute Gasteiger partial charge is 0.389 e. The van der Waals surface area contributed by atoms with Crippen LogP contribution in [0.4, 0.5) is 0 Å². The van der Waals surface area contributed by atoms with E-state index < -0.39 is 0 Å². The molecule has 0 spiro atoms. The van der Waals surface area contributed by atoms with Gasteiger partial charge in [0.2, 0.25) is 0 Å². The summed E-state index contributed by atoms with van der Waals surface area (Å²) >= 11 is 0. The molecule has 0 aromatic heterocycles. The van der Waals surface area contributed by atoms with Crippen LogP contribution in [0, 0.1) is 5.92 Å². The molecule has 1 aliphatic heterocycles. The zero-order valence-electron chi connectivity index (χ0n) is 9.54. The van der Waals surface area contributed by atoms with Crippen LogP contribution in [-0.4, -0.2) is 19.3 Å². The van der Waals surface area contributed by atoms with Gasteiger partial charge in [0.1, 0.15) is 0 Å². The van der Waals surface area contributed by atoms with E-state index in [0.717, 1.165) is 26.0 Å². The van der Waals surface area contributed by atoms with E-state index in [-0.39, 0.29) is 0 Å². The fraction of sp³-hybridized carbons (Fsp3) is 0.538. The molecule has 2 heteroatoms.